The van der Waals surface area contributed by atoms with Gasteiger partial charge in [-0.2, -0.15) is 0 Å². The zero-order chi connectivity index (χ0) is 15.8. The van der Waals surface area contributed by atoms with Gasteiger partial charge in [-0.15, -0.1) is 0 Å². The van der Waals surface area contributed by atoms with Crippen LogP contribution in [-0.2, 0) is 7.05 Å². The van der Waals surface area contributed by atoms with Crippen molar-refractivity contribution in [2.45, 2.75) is 0 Å². The molecule has 1 N–H and O–H groups in total. The molecule has 3 heteroatoms. The van der Waals surface area contributed by atoms with Crippen molar-refractivity contribution >= 4 is 47.2 Å². The Morgan fingerprint density at radius 2 is 1.61 bits per heavy atom. The molecule has 2 nitrogen and oxygen atoms in total. The number of hydrogen-bond acceptors (Lipinski definition) is 1. The van der Waals surface area contributed by atoms with Crippen molar-refractivity contribution in [3.63, 3.8) is 0 Å². The second kappa shape index (κ2) is 5.69. The number of phenolic OH excluding ortho intramolecular Hbond substituents is 1. The first-order valence-electron chi connectivity index (χ1n) is 7.50. The topological polar surface area (TPSA) is 24.1 Å². The Kier molecular flexibility index (Phi) is 3.53. The van der Waals surface area contributed by atoms with E-state index in [1.165, 1.54) is 14.3 Å². The van der Waals surface area contributed by atoms with Gasteiger partial charge in [0.1, 0.15) is 0 Å². The molecule has 0 aliphatic carbocycles. The average molecular weight is 365 g/mol. The van der Waals surface area contributed by atoms with Gasteiger partial charge >= 0.3 is 140 Å². The van der Waals surface area contributed by atoms with E-state index >= 15 is 0 Å². The summed E-state index contributed by atoms with van der Waals surface area (Å²) in [5.74, 6) is 0.333. The van der Waals surface area contributed by atoms with E-state index in [1.54, 1.807) is 6.07 Å². The van der Waals surface area contributed by atoms with Crippen molar-refractivity contribution in [3.05, 3.63) is 70.8 Å². The Hall–Kier alpha value is -2.35. The van der Waals surface area contributed by atoms with E-state index in [9.17, 15) is 5.11 Å². The van der Waals surface area contributed by atoms with Crippen molar-refractivity contribution in [2.24, 2.45) is 7.05 Å². The van der Waals surface area contributed by atoms with Crippen LogP contribution in [0.2, 0.25) is 0 Å². The van der Waals surface area contributed by atoms with E-state index in [-0.39, 0.29) is 0 Å². The van der Waals surface area contributed by atoms with Gasteiger partial charge < -0.3 is 0 Å². The normalized spacial score (nSPS) is 11.7. The average Bonchev–Trinajstić information content (AvgIpc) is 2.91. The second-order valence-corrected chi connectivity index (χ2v) is 7.75. The van der Waals surface area contributed by atoms with Gasteiger partial charge in [0.05, 0.1) is 0 Å². The molecule has 0 unspecified atom stereocenters. The maximum absolute atomic E-state index is 10.0. The zero-order valence-corrected chi connectivity index (χ0v) is 14.4. The van der Waals surface area contributed by atoms with Crippen LogP contribution in [0.25, 0.3) is 32.7 Å². The van der Waals surface area contributed by atoms with Gasteiger partial charge in [-0.1, -0.05) is 0 Å². The Balaban J connectivity index is 1.82. The van der Waals surface area contributed by atoms with Crippen molar-refractivity contribution in [1.29, 1.82) is 0 Å². The molecule has 0 aliphatic heterocycles. The van der Waals surface area contributed by atoms with E-state index in [0.29, 0.717) is 20.3 Å². The van der Waals surface area contributed by atoms with Gasteiger partial charge in [0.15, 0.2) is 0 Å². The molecule has 0 saturated carbocycles. The third kappa shape index (κ3) is 2.48. The fraction of sp³-hybridized carbons (Fsp3) is 0.0500. The van der Waals surface area contributed by atoms with E-state index in [0.717, 1.165) is 16.3 Å². The number of hydrogen-bond donors (Lipinski definition) is 1. The fourth-order valence-corrected chi connectivity index (χ4v) is 5.09. The molecular formula is C20H16NOSe+. The van der Waals surface area contributed by atoms with Crippen LogP contribution >= 0.6 is 0 Å². The number of aryl methyl sites for hydroxylation is 1. The molecule has 0 aliphatic rings. The fourth-order valence-electron chi connectivity index (χ4n) is 2.88. The first kappa shape index (κ1) is 14.3. The molecule has 4 aromatic rings. The van der Waals surface area contributed by atoms with Crippen molar-refractivity contribution in [2.75, 3.05) is 0 Å². The summed E-state index contributed by atoms with van der Waals surface area (Å²) in [6.07, 6.45) is 4.36. The molecule has 0 fully saturated rings. The van der Waals surface area contributed by atoms with E-state index in [4.69, 9.17) is 0 Å². The van der Waals surface area contributed by atoms with Crippen molar-refractivity contribution in [3.8, 4) is 5.75 Å². The molecule has 1 aromatic heterocycles. The standard InChI is InChI=1S/C20H15NOSe/c1-21-17-8-4-5-9-19(17)23-20(21)13-11-14-10-12-18(22)16-7-3-2-6-15(14)16/h2-13H,1H3/p+1. The first-order chi connectivity index (χ1) is 11.2. The van der Waals surface area contributed by atoms with Crippen LogP contribution in [0.3, 0.4) is 0 Å². The van der Waals surface area contributed by atoms with Crippen LogP contribution in [0.1, 0.15) is 10.1 Å². The quantitative estimate of drug-likeness (QED) is 0.425. The summed E-state index contributed by atoms with van der Waals surface area (Å²) >= 11 is 0.342. The number of rotatable bonds is 2. The van der Waals surface area contributed by atoms with Crippen LogP contribution in [0.5, 0.6) is 5.75 Å². The predicted molar refractivity (Wildman–Crippen MR) is 96.6 cm³/mol. The Labute approximate surface area is 140 Å². The first-order valence-corrected chi connectivity index (χ1v) is 9.22. The van der Waals surface area contributed by atoms with Crippen molar-refractivity contribution in [1.82, 2.24) is 0 Å². The van der Waals surface area contributed by atoms with E-state index in [1.807, 2.05) is 24.3 Å². The number of nitrogens with zero attached hydrogens (tertiary/aromatic N) is 1. The SMILES string of the molecule is C[n+]1c(C=Cc2ccc(O)c3ccccc23)[se]c2ccccc21. The molecule has 4 rings (SSSR count). The molecule has 1 heterocycles. The molecule has 3 aromatic carbocycles. The monoisotopic (exact) mass is 366 g/mol. The maximum atomic E-state index is 10.0. The molecular weight excluding hydrogens is 349 g/mol. The van der Waals surface area contributed by atoms with Crippen LogP contribution in [0.15, 0.2) is 60.7 Å². The summed E-state index contributed by atoms with van der Waals surface area (Å²) in [6.45, 7) is 0. The molecule has 0 atom stereocenters. The summed E-state index contributed by atoms with van der Waals surface area (Å²) in [4.78, 5) is 0. The van der Waals surface area contributed by atoms with Gasteiger partial charge in [-0.3, -0.25) is 0 Å². The van der Waals surface area contributed by atoms with Crippen LogP contribution in [0, 0.1) is 0 Å². The summed E-state index contributed by atoms with van der Waals surface area (Å²) < 4.78 is 5.04. The number of aromatic nitrogens is 1. The molecule has 0 bridgehead atoms. The van der Waals surface area contributed by atoms with Gasteiger partial charge in [-0.25, -0.2) is 0 Å². The Morgan fingerprint density at radius 1 is 0.870 bits per heavy atom. The van der Waals surface area contributed by atoms with Crippen molar-refractivity contribution < 1.29 is 9.67 Å². The number of fused-ring (bicyclic) bond motifs is 2. The Morgan fingerprint density at radius 3 is 2.43 bits per heavy atom. The molecule has 0 spiro atoms. The van der Waals surface area contributed by atoms with Gasteiger partial charge in [0, 0.05) is 0 Å². The molecule has 0 radical (unpaired) electrons. The third-order valence-electron chi connectivity index (χ3n) is 4.11. The summed E-state index contributed by atoms with van der Waals surface area (Å²) in [5.41, 5.74) is 2.44. The third-order valence-corrected chi connectivity index (χ3v) is 6.60. The Bertz CT molecular complexity index is 1050. The molecule has 23 heavy (non-hydrogen) atoms. The van der Waals surface area contributed by atoms with Gasteiger partial charge in [-0.05, 0) is 0 Å². The minimum atomic E-state index is 0.333. The van der Waals surface area contributed by atoms with Crippen LogP contribution in [0.4, 0.5) is 0 Å². The molecule has 112 valence electrons. The van der Waals surface area contributed by atoms with Crippen LogP contribution < -0.4 is 4.57 Å². The number of phenols is 1. The number of benzene rings is 3. The number of para-hydroxylation sites is 1. The minimum absolute atomic E-state index is 0.333. The molecule has 0 amide bonds. The summed E-state index contributed by atoms with van der Waals surface area (Å²) in [7, 11) is 2.13. The predicted octanol–water partition coefficient (Wildman–Crippen LogP) is 3.75. The number of aromatic hydroxyl groups is 1. The zero-order valence-electron chi connectivity index (χ0n) is 12.7. The van der Waals surface area contributed by atoms with Gasteiger partial charge in [0.25, 0.3) is 0 Å². The van der Waals surface area contributed by atoms with E-state index < -0.39 is 0 Å². The molecule has 0 saturated heterocycles. The summed E-state index contributed by atoms with van der Waals surface area (Å²) in [6, 6.07) is 20.3. The van der Waals surface area contributed by atoms with E-state index in [2.05, 4.69) is 54.1 Å². The van der Waals surface area contributed by atoms with Crippen LogP contribution in [-0.4, -0.2) is 19.6 Å². The van der Waals surface area contributed by atoms with Gasteiger partial charge in [0.2, 0.25) is 0 Å². The second-order valence-electron chi connectivity index (χ2n) is 5.52. The summed E-state index contributed by atoms with van der Waals surface area (Å²) in [5, 5.41) is 12.0.